The van der Waals surface area contributed by atoms with Crippen molar-refractivity contribution in [2.75, 3.05) is 0 Å². The van der Waals surface area contributed by atoms with E-state index >= 15 is 0 Å². The molecule has 3 aromatic rings. The topological polar surface area (TPSA) is 51.4 Å². The van der Waals surface area contributed by atoms with Gasteiger partial charge in [-0.1, -0.05) is 57.5 Å². The van der Waals surface area contributed by atoms with E-state index in [1.54, 1.807) is 16.8 Å². The minimum atomic E-state index is -0.547. The van der Waals surface area contributed by atoms with Gasteiger partial charge in [0.1, 0.15) is 6.04 Å². The molecule has 0 spiro atoms. The second-order valence-corrected chi connectivity index (χ2v) is 8.53. The van der Waals surface area contributed by atoms with Gasteiger partial charge in [0.05, 0.1) is 0 Å². The van der Waals surface area contributed by atoms with Crippen LogP contribution >= 0.6 is 15.9 Å². The highest BCUT2D eigenvalue weighted by Gasteiger charge is 2.24. The van der Waals surface area contributed by atoms with Gasteiger partial charge in [-0.05, 0) is 67.6 Å². The van der Waals surface area contributed by atoms with E-state index in [0.717, 1.165) is 15.6 Å². The summed E-state index contributed by atoms with van der Waals surface area (Å²) in [5.41, 5.74) is 4.19. The zero-order chi connectivity index (χ0) is 21.0. The molecule has 0 aliphatic rings. The quantitative estimate of drug-likeness (QED) is 0.382. The smallest absolute Gasteiger partial charge is 0.250 e. The molecule has 4 nitrogen and oxygen atoms in total. The normalized spacial score (nSPS) is 13.3. The van der Waals surface area contributed by atoms with Crippen LogP contribution in [0.1, 0.15) is 60.5 Å². The lowest BCUT2D eigenvalue weighted by Crippen LogP contribution is -2.21. The van der Waals surface area contributed by atoms with Gasteiger partial charge in [-0.25, -0.2) is 0 Å². The molecule has 0 saturated carbocycles. The average molecular weight is 453 g/mol. The Morgan fingerprint density at radius 2 is 1.62 bits per heavy atom. The standard InChI is InChI=1S/C24H25BrN2O2/c1-16(2)27-15-19(10-13-24(27)28)23(26-29)14-22(18-8-11-20(25)12-9-18)21-7-5-4-6-17(21)3/h4-13,15-16,22-23H,14H2,1-3H3. The molecule has 0 fully saturated rings. The number of aromatic nitrogens is 1. The zero-order valence-corrected chi connectivity index (χ0v) is 18.5. The van der Waals surface area contributed by atoms with Crippen LogP contribution in [0.25, 0.3) is 0 Å². The molecule has 0 aliphatic heterocycles. The minimum absolute atomic E-state index is 0.0198. The summed E-state index contributed by atoms with van der Waals surface area (Å²) < 4.78 is 2.66. The van der Waals surface area contributed by atoms with Crippen LogP contribution in [-0.2, 0) is 0 Å². The summed E-state index contributed by atoms with van der Waals surface area (Å²) in [6.45, 7) is 5.99. The van der Waals surface area contributed by atoms with Crippen LogP contribution in [0.2, 0.25) is 0 Å². The predicted octanol–water partition coefficient (Wildman–Crippen LogP) is 6.53. The second kappa shape index (κ2) is 9.31. The second-order valence-electron chi connectivity index (χ2n) is 7.62. The largest absolute Gasteiger partial charge is 0.313 e. The summed E-state index contributed by atoms with van der Waals surface area (Å²) in [5, 5.41) is 3.45. The van der Waals surface area contributed by atoms with E-state index in [-0.39, 0.29) is 17.5 Å². The lowest BCUT2D eigenvalue weighted by molar-refractivity contribution is 0.551. The summed E-state index contributed by atoms with van der Waals surface area (Å²) in [5.74, 6) is 0.0198. The molecule has 2 aromatic carbocycles. The summed E-state index contributed by atoms with van der Waals surface area (Å²) >= 11 is 3.49. The fourth-order valence-electron chi connectivity index (χ4n) is 3.70. The first kappa shape index (κ1) is 21.2. The first-order valence-electron chi connectivity index (χ1n) is 9.76. The third-order valence-electron chi connectivity index (χ3n) is 5.32. The van der Waals surface area contributed by atoms with Gasteiger partial charge in [0.2, 0.25) is 0 Å². The highest BCUT2D eigenvalue weighted by Crippen LogP contribution is 2.37. The van der Waals surface area contributed by atoms with Gasteiger partial charge in [-0.3, -0.25) is 4.79 Å². The van der Waals surface area contributed by atoms with E-state index in [1.807, 2.05) is 38.1 Å². The number of hydrogen-bond acceptors (Lipinski definition) is 3. The van der Waals surface area contributed by atoms with E-state index in [2.05, 4.69) is 52.3 Å². The third-order valence-corrected chi connectivity index (χ3v) is 5.85. The summed E-state index contributed by atoms with van der Waals surface area (Å²) in [6, 6.07) is 19.2. The molecule has 150 valence electrons. The number of hydrogen-bond donors (Lipinski definition) is 0. The van der Waals surface area contributed by atoms with E-state index in [9.17, 15) is 9.70 Å². The Kier molecular flexibility index (Phi) is 6.80. The molecule has 0 saturated heterocycles. The summed E-state index contributed by atoms with van der Waals surface area (Å²) in [7, 11) is 0. The predicted molar refractivity (Wildman–Crippen MR) is 121 cm³/mol. The molecule has 2 unspecified atom stereocenters. The Balaban J connectivity index is 2.03. The molecule has 0 radical (unpaired) electrons. The van der Waals surface area contributed by atoms with Crippen molar-refractivity contribution in [1.82, 2.24) is 4.57 Å². The minimum Gasteiger partial charge on any atom is -0.313 e. The van der Waals surface area contributed by atoms with Gasteiger partial charge in [0.25, 0.3) is 5.56 Å². The molecule has 2 atom stereocenters. The first-order valence-corrected chi connectivity index (χ1v) is 10.6. The van der Waals surface area contributed by atoms with Crippen molar-refractivity contribution in [2.45, 2.75) is 45.2 Å². The maximum Gasteiger partial charge on any atom is 0.250 e. The van der Waals surface area contributed by atoms with Crippen LogP contribution in [0.4, 0.5) is 0 Å². The number of benzene rings is 2. The number of aryl methyl sites for hydroxylation is 1. The molecule has 3 rings (SSSR count). The molecule has 1 heterocycles. The van der Waals surface area contributed by atoms with Crippen LogP contribution in [0.15, 0.2) is 81.3 Å². The van der Waals surface area contributed by atoms with Crippen molar-refractivity contribution in [3.63, 3.8) is 0 Å². The fraction of sp³-hybridized carbons (Fsp3) is 0.292. The zero-order valence-electron chi connectivity index (χ0n) is 16.9. The molecular weight excluding hydrogens is 428 g/mol. The SMILES string of the molecule is Cc1ccccc1C(CC(N=O)c1ccc(=O)n(C(C)C)c1)c1ccc(Br)cc1. The molecule has 1 aromatic heterocycles. The van der Waals surface area contributed by atoms with Crippen molar-refractivity contribution in [3.05, 3.63) is 109 Å². The highest BCUT2D eigenvalue weighted by atomic mass is 79.9. The molecule has 0 amide bonds. The van der Waals surface area contributed by atoms with E-state index < -0.39 is 6.04 Å². The first-order chi connectivity index (χ1) is 13.9. The Morgan fingerprint density at radius 1 is 0.966 bits per heavy atom. The Labute approximate surface area is 179 Å². The van der Waals surface area contributed by atoms with Crippen molar-refractivity contribution in [3.8, 4) is 0 Å². The molecule has 29 heavy (non-hydrogen) atoms. The Hall–Kier alpha value is -2.53. The van der Waals surface area contributed by atoms with E-state index in [0.29, 0.717) is 6.42 Å². The van der Waals surface area contributed by atoms with Crippen LogP contribution < -0.4 is 5.56 Å². The van der Waals surface area contributed by atoms with Crippen molar-refractivity contribution < 1.29 is 0 Å². The highest BCUT2D eigenvalue weighted by molar-refractivity contribution is 9.10. The van der Waals surface area contributed by atoms with Gasteiger partial charge in [-0.2, -0.15) is 4.91 Å². The molecule has 5 heteroatoms. The summed E-state index contributed by atoms with van der Waals surface area (Å²) in [4.78, 5) is 24.0. The van der Waals surface area contributed by atoms with Gasteiger partial charge in [-0.15, -0.1) is 0 Å². The van der Waals surface area contributed by atoms with Gasteiger partial charge in [0.15, 0.2) is 0 Å². The number of rotatable bonds is 7. The number of nitroso groups, excluding NO2 is 1. The Morgan fingerprint density at radius 3 is 2.24 bits per heavy atom. The monoisotopic (exact) mass is 452 g/mol. The van der Waals surface area contributed by atoms with Gasteiger partial charge >= 0.3 is 0 Å². The molecule has 0 aliphatic carbocycles. The van der Waals surface area contributed by atoms with Crippen LogP contribution in [0.3, 0.4) is 0 Å². The van der Waals surface area contributed by atoms with Crippen molar-refractivity contribution in [2.24, 2.45) is 5.18 Å². The molecular formula is C24H25BrN2O2. The molecule has 0 N–H and O–H groups in total. The maximum absolute atomic E-state index is 12.1. The number of halogens is 1. The fourth-order valence-corrected chi connectivity index (χ4v) is 3.96. The maximum atomic E-state index is 12.1. The lowest BCUT2D eigenvalue weighted by Gasteiger charge is -2.23. The summed E-state index contributed by atoms with van der Waals surface area (Å²) in [6.07, 6.45) is 2.31. The van der Waals surface area contributed by atoms with Crippen LogP contribution in [0.5, 0.6) is 0 Å². The van der Waals surface area contributed by atoms with Gasteiger partial charge < -0.3 is 4.57 Å². The van der Waals surface area contributed by atoms with Crippen LogP contribution in [-0.4, -0.2) is 4.57 Å². The lowest BCUT2D eigenvalue weighted by atomic mass is 9.83. The van der Waals surface area contributed by atoms with Crippen LogP contribution in [0, 0.1) is 11.8 Å². The van der Waals surface area contributed by atoms with E-state index in [1.165, 1.54) is 17.2 Å². The molecule has 0 bridgehead atoms. The van der Waals surface area contributed by atoms with E-state index in [4.69, 9.17) is 0 Å². The number of pyridine rings is 1. The van der Waals surface area contributed by atoms with Crippen molar-refractivity contribution >= 4 is 15.9 Å². The Bertz CT molecular complexity index is 1040. The van der Waals surface area contributed by atoms with Crippen molar-refractivity contribution in [1.29, 1.82) is 0 Å². The average Bonchev–Trinajstić information content (AvgIpc) is 2.71. The number of nitrogens with zero attached hydrogens (tertiary/aromatic N) is 2. The third kappa shape index (κ3) is 4.91. The van der Waals surface area contributed by atoms with Gasteiger partial charge in [0, 0.05) is 28.7 Å².